The van der Waals surface area contributed by atoms with Crippen LogP contribution < -0.4 is 0 Å². The van der Waals surface area contributed by atoms with Crippen molar-refractivity contribution in [2.75, 3.05) is 19.7 Å². The van der Waals surface area contributed by atoms with Crippen LogP contribution in [0.4, 0.5) is 4.39 Å². The molecule has 2 fully saturated rings. The van der Waals surface area contributed by atoms with Gasteiger partial charge in [0.05, 0.1) is 18.5 Å². The van der Waals surface area contributed by atoms with Gasteiger partial charge in [-0.15, -0.1) is 5.10 Å². The summed E-state index contributed by atoms with van der Waals surface area (Å²) >= 11 is 0. The molecule has 6 heteroatoms. The van der Waals surface area contributed by atoms with E-state index in [1.54, 1.807) is 16.8 Å². The molecule has 0 amide bonds. The van der Waals surface area contributed by atoms with E-state index in [2.05, 4.69) is 27.3 Å². The lowest BCUT2D eigenvalue weighted by molar-refractivity contribution is 0.0588. The van der Waals surface area contributed by atoms with E-state index < -0.39 is 0 Å². The molecule has 0 spiro atoms. The maximum Gasteiger partial charge on any atom is 0.160 e. The normalized spacial score (nSPS) is 24.8. The predicted octanol–water partition coefficient (Wildman–Crippen LogP) is 2.57. The van der Waals surface area contributed by atoms with Crippen molar-refractivity contribution < 1.29 is 9.13 Å². The number of hydrogen-bond acceptors (Lipinski definition) is 4. The summed E-state index contributed by atoms with van der Waals surface area (Å²) in [4.78, 5) is 2.32. The van der Waals surface area contributed by atoms with Gasteiger partial charge in [0.2, 0.25) is 0 Å². The van der Waals surface area contributed by atoms with Crippen LogP contribution in [0.2, 0.25) is 0 Å². The Balaban J connectivity index is 1.42. The first-order valence-electron chi connectivity index (χ1n) is 7.93. The van der Waals surface area contributed by atoms with Gasteiger partial charge in [0.25, 0.3) is 0 Å². The largest absolute Gasteiger partial charge is 0.353 e. The van der Waals surface area contributed by atoms with Gasteiger partial charge in [0.1, 0.15) is 11.5 Å². The van der Waals surface area contributed by atoms with Gasteiger partial charge >= 0.3 is 0 Å². The fourth-order valence-corrected chi connectivity index (χ4v) is 3.32. The number of nitrogens with zero attached hydrogens (tertiary/aromatic N) is 4. The van der Waals surface area contributed by atoms with Gasteiger partial charge in [-0.3, -0.25) is 4.90 Å². The van der Waals surface area contributed by atoms with Crippen molar-refractivity contribution in [3.63, 3.8) is 0 Å². The molecule has 0 bridgehead atoms. The molecule has 1 aromatic heterocycles. The van der Waals surface area contributed by atoms with E-state index in [1.165, 1.54) is 17.7 Å². The highest BCUT2D eigenvalue weighted by Gasteiger charge is 2.58. The molecule has 0 saturated carbocycles. The average Bonchev–Trinajstić information content (AvgIpc) is 2.99. The summed E-state index contributed by atoms with van der Waals surface area (Å²) in [6.45, 7) is 2.78. The first-order chi connectivity index (χ1) is 11.7. The van der Waals surface area contributed by atoms with Gasteiger partial charge in [-0.2, -0.15) is 0 Å². The summed E-state index contributed by atoms with van der Waals surface area (Å²) in [5, 5.41) is 8.34. The van der Waals surface area contributed by atoms with Gasteiger partial charge < -0.3 is 4.74 Å². The lowest BCUT2D eigenvalue weighted by Crippen LogP contribution is -2.12. The molecular weight excluding hydrogens is 307 g/mol. The Morgan fingerprint density at radius 3 is 2.50 bits per heavy atom. The smallest absolute Gasteiger partial charge is 0.160 e. The van der Waals surface area contributed by atoms with E-state index in [1.807, 2.05) is 18.3 Å². The first-order valence-corrected chi connectivity index (χ1v) is 7.93. The molecule has 24 heavy (non-hydrogen) atoms. The zero-order valence-corrected chi connectivity index (χ0v) is 12.9. The predicted molar refractivity (Wildman–Crippen MR) is 86.0 cm³/mol. The maximum absolute atomic E-state index is 13.0. The van der Waals surface area contributed by atoms with Crippen molar-refractivity contribution in [3.05, 3.63) is 66.1 Å². The second-order valence-corrected chi connectivity index (χ2v) is 6.16. The molecular formula is C18H15FN4O. The quantitative estimate of drug-likeness (QED) is 0.695. The van der Waals surface area contributed by atoms with Crippen molar-refractivity contribution >= 4 is 0 Å². The Morgan fingerprint density at radius 1 is 1.04 bits per heavy atom. The fourth-order valence-electron chi connectivity index (χ4n) is 3.32. The number of aromatic nitrogens is 3. The monoisotopic (exact) mass is 322 g/mol. The fraction of sp³-hybridized carbons (Fsp3) is 0.222. The Labute approximate surface area is 138 Å². The van der Waals surface area contributed by atoms with Crippen molar-refractivity contribution in [1.82, 2.24) is 19.9 Å². The summed E-state index contributed by atoms with van der Waals surface area (Å²) in [6.07, 6.45) is 1.84. The molecule has 5 rings (SSSR count). The molecule has 2 aromatic carbocycles. The van der Waals surface area contributed by atoms with Gasteiger partial charge in [-0.25, -0.2) is 9.07 Å². The number of rotatable bonds is 3. The standard InChI is InChI=1S/C18H15FN4O/c19-15-5-1-13(2-6-15)17-11-23(21-20-17)16-7-3-14(4-8-16)18-12-22(18)9-10-24-18/h1-8,11H,9-10,12H2. The van der Waals surface area contributed by atoms with Crippen LogP contribution in [0.5, 0.6) is 0 Å². The highest BCUT2D eigenvalue weighted by atomic mass is 19.1. The van der Waals surface area contributed by atoms with Gasteiger partial charge in [-0.05, 0) is 36.4 Å². The molecule has 2 atom stereocenters. The zero-order chi connectivity index (χ0) is 16.1. The topological polar surface area (TPSA) is 43.0 Å². The molecule has 3 aromatic rings. The number of fused-ring (bicyclic) bond motifs is 1. The summed E-state index contributed by atoms with van der Waals surface area (Å²) < 4.78 is 20.6. The Kier molecular flexibility index (Phi) is 2.86. The van der Waals surface area contributed by atoms with E-state index in [0.717, 1.165) is 30.9 Å². The highest BCUT2D eigenvalue weighted by Crippen LogP contribution is 2.47. The molecule has 5 nitrogen and oxygen atoms in total. The number of ether oxygens (including phenoxy) is 1. The van der Waals surface area contributed by atoms with Crippen LogP contribution in [0.3, 0.4) is 0 Å². The average molecular weight is 322 g/mol. The second-order valence-electron chi connectivity index (χ2n) is 6.16. The van der Waals surface area contributed by atoms with Gasteiger partial charge in [0.15, 0.2) is 5.72 Å². The van der Waals surface area contributed by atoms with Crippen molar-refractivity contribution in [2.45, 2.75) is 5.72 Å². The lowest BCUT2D eigenvalue weighted by atomic mass is 10.1. The molecule has 2 aliphatic rings. The molecule has 3 heterocycles. The first kappa shape index (κ1) is 13.8. The highest BCUT2D eigenvalue weighted by molar-refractivity contribution is 5.58. The van der Waals surface area contributed by atoms with E-state index in [-0.39, 0.29) is 11.5 Å². The molecule has 120 valence electrons. The van der Waals surface area contributed by atoms with Crippen LogP contribution in [0.25, 0.3) is 16.9 Å². The summed E-state index contributed by atoms with van der Waals surface area (Å²) in [7, 11) is 0. The van der Waals surface area contributed by atoms with Crippen molar-refractivity contribution in [2.24, 2.45) is 0 Å². The van der Waals surface area contributed by atoms with Crippen LogP contribution in [0.1, 0.15) is 5.56 Å². The number of halogens is 1. The third-order valence-corrected chi connectivity index (χ3v) is 4.73. The zero-order valence-electron chi connectivity index (χ0n) is 12.9. The minimum atomic E-state index is -0.260. The lowest BCUT2D eigenvalue weighted by Gasteiger charge is -2.11. The van der Waals surface area contributed by atoms with Crippen LogP contribution >= 0.6 is 0 Å². The van der Waals surface area contributed by atoms with Crippen LogP contribution in [0, 0.1) is 5.82 Å². The van der Waals surface area contributed by atoms with E-state index in [4.69, 9.17) is 4.74 Å². The van der Waals surface area contributed by atoms with Crippen LogP contribution in [-0.4, -0.2) is 39.6 Å². The molecule has 0 radical (unpaired) electrons. The molecule has 0 aliphatic carbocycles. The van der Waals surface area contributed by atoms with Crippen LogP contribution in [-0.2, 0) is 10.5 Å². The number of morpholine rings is 1. The summed E-state index contributed by atoms with van der Waals surface area (Å²) in [6, 6.07) is 14.4. The molecule has 2 saturated heterocycles. The van der Waals surface area contributed by atoms with Gasteiger partial charge in [0, 0.05) is 24.2 Å². The second kappa shape index (κ2) is 4.96. The van der Waals surface area contributed by atoms with Crippen molar-refractivity contribution in [1.29, 1.82) is 0 Å². The van der Waals surface area contributed by atoms with E-state index >= 15 is 0 Å². The Hall–Kier alpha value is -2.57. The maximum atomic E-state index is 13.0. The number of hydrogen-bond donors (Lipinski definition) is 0. The number of benzene rings is 2. The van der Waals surface area contributed by atoms with E-state index in [9.17, 15) is 4.39 Å². The Bertz CT molecular complexity index is 890. The third kappa shape index (κ3) is 2.07. The molecule has 2 unspecified atom stereocenters. The molecule has 0 N–H and O–H groups in total. The minimum absolute atomic E-state index is 0.180. The minimum Gasteiger partial charge on any atom is -0.353 e. The Morgan fingerprint density at radius 2 is 1.83 bits per heavy atom. The summed E-state index contributed by atoms with van der Waals surface area (Å²) in [5.74, 6) is -0.260. The molecule has 2 aliphatic heterocycles. The SMILES string of the molecule is Fc1ccc(-c2cn(-c3ccc(C45CN4CCO5)cc3)nn2)cc1. The third-order valence-electron chi connectivity index (χ3n) is 4.73. The van der Waals surface area contributed by atoms with Gasteiger partial charge in [-0.1, -0.05) is 17.3 Å². The van der Waals surface area contributed by atoms with Crippen molar-refractivity contribution in [3.8, 4) is 16.9 Å². The van der Waals surface area contributed by atoms with E-state index in [0.29, 0.717) is 5.69 Å². The summed E-state index contributed by atoms with van der Waals surface area (Å²) in [5.41, 5.74) is 3.49. The van der Waals surface area contributed by atoms with Crippen LogP contribution in [0.15, 0.2) is 54.7 Å².